The number of fused-ring (bicyclic) bond motifs is 1. The van der Waals surface area contributed by atoms with Crippen molar-refractivity contribution in [3.8, 4) is 5.75 Å². The summed E-state index contributed by atoms with van der Waals surface area (Å²) < 4.78 is 20.1. The largest absolute Gasteiger partial charge is 0.497 e. The van der Waals surface area contributed by atoms with Gasteiger partial charge in [0.2, 0.25) is 11.8 Å². The van der Waals surface area contributed by atoms with Gasteiger partial charge in [0.05, 0.1) is 30.8 Å². The topological polar surface area (TPSA) is 113 Å². The molecule has 0 spiro atoms. The molecule has 2 saturated heterocycles. The highest BCUT2D eigenvalue weighted by molar-refractivity contribution is 5.91. The zero-order valence-electron chi connectivity index (χ0n) is 19.3. The van der Waals surface area contributed by atoms with Crippen molar-refractivity contribution in [1.29, 1.82) is 0 Å². The Bertz CT molecular complexity index is 1230. The summed E-state index contributed by atoms with van der Waals surface area (Å²) in [6.45, 7) is 2.24. The Morgan fingerprint density at radius 3 is 2.66 bits per heavy atom. The molecule has 3 atom stereocenters. The minimum atomic E-state index is -0.698. The second kappa shape index (κ2) is 9.35. The quantitative estimate of drug-likeness (QED) is 0.425. The van der Waals surface area contributed by atoms with E-state index in [2.05, 4.69) is 26.5 Å². The number of anilines is 2. The molecule has 3 aromatic rings. The lowest BCUT2D eigenvalue weighted by molar-refractivity contribution is -0.129. The Kier molecular flexibility index (Phi) is 6.10. The monoisotopic (exact) mass is 479 g/mol. The van der Waals surface area contributed by atoms with Crippen LogP contribution in [-0.2, 0) is 16.0 Å². The molecular weight excluding hydrogens is 453 g/mol. The normalized spacial score (nSPS) is 21.4. The van der Waals surface area contributed by atoms with Crippen LogP contribution in [0.1, 0.15) is 17.5 Å². The second-order valence-electron chi connectivity index (χ2n) is 8.53. The number of nitrogens with zero attached hydrogens (tertiary/aromatic N) is 3. The standard InChI is InChI=1S/C24H26FN7O3/c1-14-11-20(27-21(33)12-15-3-9-18(35-2)10-4-15)32(30-14)24-28-22-19(23(34)29-24)13-26-31(22)17-7-5-16(25)6-8-17/h3-11,19,22,24,26,28H,12-13H2,1-2H3,(H,27,33)(H,29,34). The molecule has 182 valence electrons. The number of aryl methyl sites for hydroxylation is 1. The van der Waals surface area contributed by atoms with Gasteiger partial charge in [-0.15, -0.1) is 0 Å². The summed E-state index contributed by atoms with van der Waals surface area (Å²) in [5.41, 5.74) is 5.45. The number of halogens is 1. The van der Waals surface area contributed by atoms with Gasteiger partial charge >= 0.3 is 0 Å². The average Bonchev–Trinajstić information content (AvgIpc) is 3.43. The van der Waals surface area contributed by atoms with E-state index in [-0.39, 0.29) is 30.0 Å². The van der Waals surface area contributed by atoms with E-state index in [4.69, 9.17) is 4.74 Å². The maximum absolute atomic E-state index is 13.4. The van der Waals surface area contributed by atoms with Crippen molar-refractivity contribution in [2.24, 2.45) is 5.92 Å². The molecule has 0 aliphatic carbocycles. The van der Waals surface area contributed by atoms with Crippen LogP contribution >= 0.6 is 0 Å². The summed E-state index contributed by atoms with van der Waals surface area (Å²) in [7, 11) is 1.59. The number of hydrazine groups is 1. The van der Waals surface area contributed by atoms with E-state index in [0.717, 1.165) is 17.0 Å². The van der Waals surface area contributed by atoms with Crippen LogP contribution in [0.25, 0.3) is 0 Å². The Balaban J connectivity index is 1.33. The molecule has 35 heavy (non-hydrogen) atoms. The number of nitrogens with one attached hydrogen (secondary N) is 4. The van der Waals surface area contributed by atoms with Crippen LogP contribution in [-0.4, -0.2) is 41.4 Å². The van der Waals surface area contributed by atoms with Crippen molar-refractivity contribution in [2.75, 3.05) is 24.0 Å². The smallest absolute Gasteiger partial charge is 0.230 e. The first-order valence-electron chi connectivity index (χ1n) is 11.2. The van der Waals surface area contributed by atoms with E-state index < -0.39 is 12.5 Å². The third-order valence-electron chi connectivity index (χ3n) is 6.08. The molecule has 4 N–H and O–H groups in total. The van der Waals surface area contributed by atoms with Gasteiger partial charge in [0, 0.05) is 12.6 Å². The lowest BCUT2D eigenvalue weighted by Gasteiger charge is -2.37. The first-order valence-corrected chi connectivity index (χ1v) is 11.2. The van der Waals surface area contributed by atoms with E-state index in [0.29, 0.717) is 18.1 Å². The fraction of sp³-hybridized carbons (Fsp3) is 0.292. The number of benzene rings is 2. The van der Waals surface area contributed by atoms with Gasteiger partial charge in [-0.25, -0.2) is 14.5 Å². The lowest BCUT2D eigenvalue weighted by atomic mass is 10.0. The Morgan fingerprint density at radius 1 is 1.20 bits per heavy atom. The molecule has 1 aromatic heterocycles. The van der Waals surface area contributed by atoms with E-state index >= 15 is 0 Å². The number of methoxy groups -OCH3 is 1. The van der Waals surface area contributed by atoms with Crippen molar-refractivity contribution in [3.63, 3.8) is 0 Å². The Labute approximate surface area is 201 Å². The van der Waals surface area contributed by atoms with Crippen molar-refractivity contribution in [1.82, 2.24) is 25.8 Å². The first-order chi connectivity index (χ1) is 16.9. The molecule has 0 radical (unpaired) electrons. The molecule has 5 rings (SSSR count). The fourth-order valence-electron chi connectivity index (χ4n) is 4.37. The number of amides is 2. The molecule has 2 aliphatic heterocycles. The molecular formula is C24H26FN7O3. The molecule has 2 amide bonds. The van der Waals surface area contributed by atoms with Gasteiger partial charge in [-0.05, 0) is 48.9 Å². The summed E-state index contributed by atoms with van der Waals surface area (Å²) in [5.74, 6) is 0.110. The van der Waals surface area contributed by atoms with E-state index in [9.17, 15) is 14.0 Å². The van der Waals surface area contributed by atoms with Gasteiger partial charge in [0.1, 0.15) is 23.6 Å². The summed E-state index contributed by atoms with van der Waals surface area (Å²) in [5, 5.41) is 15.5. The number of carbonyl (C=O) groups excluding carboxylic acids is 2. The number of aromatic nitrogens is 2. The molecule has 10 nitrogen and oxygen atoms in total. The second-order valence-corrected chi connectivity index (χ2v) is 8.53. The van der Waals surface area contributed by atoms with Crippen LogP contribution in [0.2, 0.25) is 0 Å². The molecule has 2 aliphatic rings. The highest BCUT2D eigenvalue weighted by Gasteiger charge is 2.45. The molecule has 2 fully saturated rings. The van der Waals surface area contributed by atoms with Crippen LogP contribution < -0.4 is 31.1 Å². The molecule has 0 bridgehead atoms. The van der Waals surface area contributed by atoms with Crippen LogP contribution in [0.4, 0.5) is 15.9 Å². The number of carbonyl (C=O) groups is 2. The predicted molar refractivity (Wildman–Crippen MR) is 127 cm³/mol. The minimum Gasteiger partial charge on any atom is -0.497 e. The molecule has 2 aromatic carbocycles. The van der Waals surface area contributed by atoms with Crippen molar-refractivity contribution >= 4 is 23.3 Å². The molecule has 3 unspecified atom stereocenters. The van der Waals surface area contributed by atoms with Gasteiger partial charge in [0.15, 0.2) is 6.29 Å². The van der Waals surface area contributed by atoms with Gasteiger partial charge in [0.25, 0.3) is 0 Å². The van der Waals surface area contributed by atoms with E-state index in [1.807, 2.05) is 24.1 Å². The molecule has 3 heterocycles. The summed E-state index contributed by atoms with van der Waals surface area (Å²) in [4.78, 5) is 25.7. The van der Waals surface area contributed by atoms with Gasteiger partial charge in [-0.3, -0.25) is 19.9 Å². The zero-order valence-corrected chi connectivity index (χ0v) is 19.3. The van der Waals surface area contributed by atoms with Crippen molar-refractivity contribution in [3.05, 3.63) is 71.7 Å². The van der Waals surface area contributed by atoms with E-state index in [1.54, 1.807) is 42.1 Å². The third kappa shape index (κ3) is 4.68. The van der Waals surface area contributed by atoms with Crippen LogP contribution in [0.5, 0.6) is 5.75 Å². The minimum absolute atomic E-state index is 0.153. The third-order valence-corrected chi connectivity index (χ3v) is 6.08. The zero-order chi connectivity index (χ0) is 24.5. The number of rotatable bonds is 6. The van der Waals surface area contributed by atoms with Crippen LogP contribution in [0.3, 0.4) is 0 Å². The van der Waals surface area contributed by atoms with Crippen molar-refractivity contribution < 1.29 is 18.7 Å². The van der Waals surface area contributed by atoms with Crippen molar-refractivity contribution in [2.45, 2.75) is 25.8 Å². The van der Waals surface area contributed by atoms with Crippen LogP contribution in [0, 0.1) is 18.7 Å². The average molecular weight is 480 g/mol. The summed E-state index contributed by atoms with van der Waals surface area (Å²) in [6.07, 6.45) is -0.922. The highest BCUT2D eigenvalue weighted by Crippen LogP contribution is 2.28. The van der Waals surface area contributed by atoms with Gasteiger partial charge in [-0.2, -0.15) is 5.10 Å². The summed E-state index contributed by atoms with van der Waals surface area (Å²) >= 11 is 0. The predicted octanol–water partition coefficient (Wildman–Crippen LogP) is 1.66. The SMILES string of the molecule is COc1ccc(CC(=O)Nc2cc(C)nn2C2NC(=O)C3CNN(c4ccc(F)cc4)C3N2)cc1. The molecule has 0 saturated carbocycles. The number of hydrogen-bond donors (Lipinski definition) is 4. The first kappa shape index (κ1) is 22.8. The van der Waals surface area contributed by atoms with E-state index in [1.165, 1.54) is 12.1 Å². The Morgan fingerprint density at radius 2 is 1.94 bits per heavy atom. The maximum Gasteiger partial charge on any atom is 0.230 e. The van der Waals surface area contributed by atoms with Crippen LogP contribution in [0.15, 0.2) is 54.6 Å². The maximum atomic E-state index is 13.4. The number of hydrogen-bond acceptors (Lipinski definition) is 7. The summed E-state index contributed by atoms with van der Waals surface area (Å²) in [6, 6.07) is 15.1. The fourth-order valence-corrected chi connectivity index (χ4v) is 4.37. The Hall–Kier alpha value is -3.96. The highest BCUT2D eigenvalue weighted by atomic mass is 19.1. The number of ether oxygens (including phenoxy) is 1. The molecule has 11 heteroatoms. The lowest BCUT2D eigenvalue weighted by Crippen LogP contribution is -2.61. The van der Waals surface area contributed by atoms with Gasteiger partial charge < -0.3 is 15.4 Å². The van der Waals surface area contributed by atoms with Gasteiger partial charge in [-0.1, -0.05) is 12.1 Å².